The van der Waals surface area contributed by atoms with E-state index in [-0.39, 0.29) is 0 Å². The predicted octanol–water partition coefficient (Wildman–Crippen LogP) is 8.33. The second-order valence-electron chi connectivity index (χ2n) is 9.08. The predicted molar refractivity (Wildman–Crippen MR) is 125 cm³/mol. The Labute approximate surface area is 177 Å². The summed E-state index contributed by atoms with van der Waals surface area (Å²) in [6.07, 6.45) is 27.1. The Morgan fingerprint density at radius 2 is 0.571 bits per heavy atom. The summed E-state index contributed by atoms with van der Waals surface area (Å²) in [6.45, 7) is 4.50. The average Bonchev–Trinajstić information content (AvgIpc) is 2.70. The topological polar surface area (TPSA) is 40.5 Å². The van der Waals surface area contributed by atoms with E-state index < -0.39 is 12.2 Å². The maximum absolute atomic E-state index is 10.1. The Bertz CT molecular complexity index is 280. The number of unbranched alkanes of at least 4 members (excludes halogenated alkanes) is 18. The second kappa shape index (κ2) is 23.2. The van der Waals surface area contributed by atoms with Crippen LogP contribution in [0.3, 0.4) is 0 Å². The largest absolute Gasteiger partial charge is 0.390 e. The third-order valence-corrected chi connectivity index (χ3v) is 6.15. The first-order valence-electron chi connectivity index (χ1n) is 13.1. The summed E-state index contributed by atoms with van der Waals surface area (Å²) in [5.41, 5.74) is 0. The fraction of sp³-hybridized carbons (Fsp3) is 1.00. The van der Waals surface area contributed by atoms with Crippen molar-refractivity contribution in [2.75, 3.05) is 0 Å². The molecule has 0 aliphatic rings. The third-order valence-electron chi connectivity index (χ3n) is 6.15. The molecule has 170 valence electrons. The molecule has 2 heteroatoms. The number of aliphatic hydroxyl groups excluding tert-OH is 2. The van der Waals surface area contributed by atoms with Crippen molar-refractivity contribution >= 4 is 0 Å². The molecule has 2 nitrogen and oxygen atoms in total. The summed E-state index contributed by atoms with van der Waals surface area (Å²) < 4.78 is 0. The first-order chi connectivity index (χ1) is 13.7. The van der Waals surface area contributed by atoms with Gasteiger partial charge in [0.2, 0.25) is 0 Å². The van der Waals surface area contributed by atoms with Gasteiger partial charge in [-0.05, 0) is 12.8 Å². The Morgan fingerprint density at radius 1 is 0.357 bits per heavy atom. The molecule has 0 amide bonds. The van der Waals surface area contributed by atoms with Crippen LogP contribution in [0.1, 0.15) is 155 Å². The molecule has 0 aliphatic heterocycles. The van der Waals surface area contributed by atoms with Crippen LogP contribution in [0.4, 0.5) is 0 Å². The summed E-state index contributed by atoms with van der Waals surface area (Å²) in [7, 11) is 0. The molecule has 2 unspecified atom stereocenters. The molecule has 0 saturated carbocycles. The van der Waals surface area contributed by atoms with Crippen molar-refractivity contribution in [1.29, 1.82) is 0 Å². The van der Waals surface area contributed by atoms with E-state index >= 15 is 0 Å². The van der Waals surface area contributed by atoms with Gasteiger partial charge in [-0.15, -0.1) is 0 Å². The van der Waals surface area contributed by atoms with Gasteiger partial charge in [-0.1, -0.05) is 142 Å². The molecular formula is C26H54O2. The molecule has 2 atom stereocenters. The SMILES string of the molecule is CCCCCCCCCCCCCCCCCC(O)C(O)CCCCCCC. The molecule has 2 N–H and O–H groups in total. The molecule has 0 aromatic carbocycles. The van der Waals surface area contributed by atoms with E-state index in [0.29, 0.717) is 0 Å². The molecule has 0 bridgehead atoms. The van der Waals surface area contributed by atoms with Crippen LogP contribution in [0.25, 0.3) is 0 Å². The van der Waals surface area contributed by atoms with E-state index in [0.717, 1.165) is 25.7 Å². The van der Waals surface area contributed by atoms with E-state index in [1.807, 2.05) is 0 Å². The highest BCUT2D eigenvalue weighted by Gasteiger charge is 2.15. The minimum atomic E-state index is -0.506. The third kappa shape index (κ3) is 20.6. The highest BCUT2D eigenvalue weighted by atomic mass is 16.3. The zero-order valence-electron chi connectivity index (χ0n) is 19.6. The monoisotopic (exact) mass is 398 g/mol. The van der Waals surface area contributed by atoms with Gasteiger partial charge in [-0.3, -0.25) is 0 Å². The number of rotatable bonds is 23. The fourth-order valence-corrected chi connectivity index (χ4v) is 4.07. The van der Waals surface area contributed by atoms with E-state index in [4.69, 9.17) is 0 Å². The van der Waals surface area contributed by atoms with Gasteiger partial charge in [0, 0.05) is 0 Å². The first kappa shape index (κ1) is 27.9. The molecule has 0 spiro atoms. The van der Waals surface area contributed by atoms with E-state index in [9.17, 15) is 10.2 Å². The molecule has 28 heavy (non-hydrogen) atoms. The van der Waals surface area contributed by atoms with Crippen LogP contribution < -0.4 is 0 Å². The van der Waals surface area contributed by atoms with E-state index in [2.05, 4.69) is 13.8 Å². The van der Waals surface area contributed by atoms with Crippen LogP contribution in [0.15, 0.2) is 0 Å². The van der Waals surface area contributed by atoms with Gasteiger partial charge in [0.1, 0.15) is 0 Å². The smallest absolute Gasteiger partial charge is 0.0799 e. The van der Waals surface area contributed by atoms with E-state index in [1.165, 1.54) is 116 Å². The van der Waals surface area contributed by atoms with Gasteiger partial charge in [-0.25, -0.2) is 0 Å². The van der Waals surface area contributed by atoms with Crippen molar-refractivity contribution in [1.82, 2.24) is 0 Å². The fourth-order valence-electron chi connectivity index (χ4n) is 4.07. The lowest BCUT2D eigenvalue weighted by atomic mass is 9.99. The first-order valence-corrected chi connectivity index (χ1v) is 13.1. The van der Waals surface area contributed by atoms with Gasteiger partial charge in [0.25, 0.3) is 0 Å². The Hall–Kier alpha value is -0.0800. The summed E-state index contributed by atoms with van der Waals surface area (Å²) in [4.78, 5) is 0. The van der Waals surface area contributed by atoms with Gasteiger partial charge in [0.15, 0.2) is 0 Å². The van der Waals surface area contributed by atoms with Crippen molar-refractivity contribution in [3.05, 3.63) is 0 Å². The lowest BCUT2D eigenvalue weighted by Crippen LogP contribution is -2.25. The standard InChI is InChI=1S/C26H54O2/c1-3-5-7-9-10-11-12-13-14-15-16-17-18-20-22-24-26(28)25(27)23-21-19-8-6-4-2/h25-28H,3-24H2,1-2H3. The Kier molecular flexibility index (Phi) is 23.1. The van der Waals surface area contributed by atoms with Crippen molar-refractivity contribution in [2.24, 2.45) is 0 Å². The zero-order chi connectivity index (χ0) is 20.7. The van der Waals surface area contributed by atoms with Gasteiger partial charge >= 0.3 is 0 Å². The number of aliphatic hydroxyl groups is 2. The van der Waals surface area contributed by atoms with Crippen LogP contribution in [0, 0.1) is 0 Å². The van der Waals surface area contributed by atoms with Crippen LogP contribution in [0.5, 0.6) is 0 Å². The summed E-state index contributed by atoms with van der Waals surface area (Å²) >= 11 is 0. The molecule has 0 aliphatic carbocycles. The lowest BCUT2D eigenvalue weighted by molar-refractivity contribution is 0.00712. The minimum absolute atomic E-state index is 0.506. The van der Waals surface area contributed by atoms with Crippen molar-refractivity contribution in [2.45, 2.75) is 167 Å². The molecule has 0 saturated heterocycles. The highest BCUT2D eigenvalue weighted by Crippen LogP contribution is 2.16. The Balaban J connectivity index is 3.23. The molecule has 0 aromatic rings. The van der Waals surface area contributed by atoms with Crippen molar-refractivity contribution in [3.63, 3.8) is 0 Å². The summed E-state index contributed by atoms with van der Waals surface area (Å²) in [6, 6.07) is 0. The maximum atomic E-state index is 10.1. The second-order valence-corrected chi connectivity index (χ2v) is 9.08. The molecule has 0 rings (SSSR count). The number of hydrogen-bond donors (Lipinski definition) is 2. The van der Waals surface area contributed by atoms with Crippen LogP contribution in [0.2, 0.25) is 0 Å². The van der Waals surface area contributed by atoms with Gasteiger partial charge < -0.3 is 10.2 Å². The van der Waals surface area contributed by atoms with Crippen LogP contribution in [-0.4, -0.2) is 22.4 Å². The van der Waals surface area contributed by atoms with Crippen molar-refractivity contribution < 1.29 is 10.2 Å². The van der Waals surface area contributed by atoms with Gasteiger partial charge in [-0.2, -0.15) is 0 Å². The highest BCUT2D eigenvalue weighted by molar-refractivity contribution is 4.67. The number of hydrogen-bond acceptors (Lipinski definition) is 2. The van der Waals surface area contributed by atoms with Gasteiger partial charge in [0.05, 0.1) is 12.2 Å². The zero-order valence-corrected chi connectivity index (χ0v) is 19.6. The minimum Gasteiger partial charge on any atom is -0.390 e. The summed E-state index contributed by atoms with van der Waals surface area (Å²) in [5.74, 6) is 0. The molecular weight excluding hydrogens is 344 g/mol. The molecule has 0 aromatic heterocycles. The van der Waals surface area contributed by atoms with Crippen molar-refractivity contribution in [3.8, 4) is 0 Å². The lowest BCUT2D eigenvalue weighted by Gasteiger charge is -2.17. The summed E-state index contributed by atoms with van der Waals surface area (Å²) in [5, 5.41) is 20.1. The molecule has 0 radical (unpaired) electrons. The van der Waals surface area contributed by atoms with E-state index in [1.54, 1.807) is 0 Å². The Morgan fingerprint density at radius 3 is 0.821 bits per heavy atom. The quantitative estimate of drug-likeness (QED) is 0.170. The molecule has 0 heterocycles. The maximum Gasteiger partial charge on any atom is 0.0799 e. The van der Waals surface area contributed by atoms with Crippen LogP contribution in [-0.2, 0) is 0 Å². The normalized spacial score (nSPS) is 13.7. The average molecular weight is 399 g/mol. The van der Waals surface area contributed by atoms with Crippen LogP contribution >= 0.6 is 0 Å². The molecule has 0 fully saturated rings.